The first-order chi connectivity index (χ1) is 16.6. The fourth-order valence-corrected chi connectivity index (χ4v) is 4.02. The topological polar surface area (TPSA) is 115 Å². The number of aryl methyl sites for hydroxylation is 1. The van der Waals surface area contributed by atoms with Gasteiger partial charge in [0.15, 0.2) is 16.9 Å². The molecule has 9 nitrogen and oxygen atoms in total. The van der Waals surface area contributed by atoms with Gasteiger partial charge in [0.2, 0.25) is 5.91 Å². The van der Waals surface area contributed by atoms with Crippen LogP contribution in [-0.4, -0.2) is 54.6 Å². The van der Waals surface area contributed by atoms with E-state index in [9.17, 15) is 44.7 Å². The molecule has 2 aliphatic rings. The van der Waals surface area contributed by atoms with Gasteiger partial charge in [0, 0.05) is 13.0 Å². The summed E-state index contributed by atoms with van der Waals surface area (Å²) in [4.78, 5) is 36.1. The molecule has 5 rings (SSSR count). The third-order valence-corrected chi connectivity index (χ3v) is 6.06. The van der Waals surface area contributed by atoms with E-state index in [1.807, 2.05) is 5.32 Å². The Bertz CT molecular complexity index is 1470. The predicted octanol–water partition coefficient (Wildman–Crippen LogP) is 3.41. The van der Waals surface area contributed by atoms with Gasteiger partial charge >= 0.3 is 18.0 Å². The summed E-state index contributed by atoms with van der Waals surface area (Å²) in [5.41, 5.74) is -3.73. The normalized spacial score (nSPS) is 20.9. The Morgan fingerprint density at radius 1 is 1.03 bits per heavy atom. The summed E-state index contributed by atoms with van der Waals surface area (Å²) in [6.45, 7) is -0.180. The number of carbonyl (C=O) groups is 2. The molecule has 0 bridgehead atoms. The number of nitrogens with one attached hydrogen (secondary N) is 2. The zero-order valence-electron chi connectivity index (χ0n) is 17.6. The van der Waals surface area contributed by atoms with Gasteiger partial charge in [-0.25, -0.2) is 24.0 Å². The van der Waals surface area contributed by atoms with Crippen molar-refractivity contribution in [3.05, 3.63) is 23.6 Å². The first-order valence-electron chi connectivity index (χ1n) is 9.98. The maximum atomic E-state index is 14.6. The highest BCUT2D eigenvalue weighted by molar-refractivity contribution is 6.16. The Hall–Kier alpha value is -3.92. The van der Waals surface area contributed by atoms with Crippen molar-refractivity contribution in [1.82, 2.24) is 24.7 Å². The zero-order chi connectivity index (χ0) is 26.4. The molecular formula is C19H11F8N7O2. The van der Waals surface area contributed by atoms with Gasteiger partial charge in [0.1, 0.15) is 23.1 Å². The standard InChI is InChI=1S/C19H11F8N7O2/c1-16-8-10(31-14(16)35)29-12(30-11(8)32-15(36)18(16,23)24)9-7-4-6(20)5-28-13(7)34(33-9)3-2-17(21,22)19(25,26)27/h4-5H,2-3H2,1H3,(H2,29,30,31,32,35,36). The van der Waals surface area contributed by atoms with E-state index in [0.29, 0.717) is 10.9 Å². The highest BCUT2D eigenvalue weighted by atomic mass is 19.4. The van der Waals surface area contributed by atoms with E-state index in [2.05, 4.69) is 25.4 Å². The van der Waals surface area contributed by atoms with Crippen LogP contribution in [0.15, 0.2) is 12.3 Å². The number of fused-ring (bicyclic) bond motifs is 1. The summed E-state index contributed by atoms with van der Waals surface area (Å²) in [6.07, 6.45) is -6.87. The predicted molar refractivity (Wildman–Crippen MR) is 104 cm³/mol. The zero-order valence-corrected chi connectivity index (χ0v) is 17.6. The molecule has 36 heavy (non-hydrogen) atoms. The number of aromatic nitrogens is 5. The average molecular weight is 521 g/mol. The molecule has 17 heteroatoms. The lowest BCUT2D eigenvalue weighted by Gasteiger charge is -2.35. The van der Waals surface area contributed by atoms with Crippen LogP contribution in [0.25, 0.3) is 22.6 Å². The Balaban J connectivity index is 1.65. The lowest BCUT2D eigenvalue weighted by molar-refractivity contribution is -0.285. The second kappa shape index (κ2) is 7.07. The van der Waals surface area contributed by atoms with Crippen LogP contribution in [0.5, 0.6) is 0 Å². The molecule has 2 aliphatic heterocycles. The molecule has 0 aromatic carbocycles. The molecular weight excluding hydrogens is 510 g/mol. The minimum atomic E-state index is -5.82. The van der Waals surface area contributed by atoms with E-state index in [0.717, 1.165) is 13.0 Å². The molecule has 0 saturated carbocycles. The molecule has 3 aromatic rings. The van der Waals surface area contributed by atoms with Gasteiger partial charge in [-0.2, -0.15) is 35.8 Å². The van der Waals surface area contributed by atoms with Crippen LogP contribution in [0.3, 0.4) is 0 Å². The van der Waals surface area contributed by atoms with Crippen LogP contribution in [0, 0.1) is 5.82 Å². The fourth-order valence-electron chi connectivity index (χ4n) is 4.02. The van der Waals surface area contributed by atoms with Crippen LogP contribution in [0.4, 0.5) is 46.8 Å². The quantitative estimate of drug-likeness (QED) is 0.509. The number of nitrogens with zero attached hydrogens (tertiary/aromatic N) is 5. The maximum Gasteiger partial charge on any atom is 0.453 e. The molecule has 1 unspecified atom stereocenters. The third-order valence-electron chi connectivity index (χ3n) is 6.06. The van der Waals surface area contributed by atoms with Crippen LogP contribution in [0.1, 0.15) is 18.9 Å². The summed E-state index contributed by atoms with van der Waals surface area (Å²) in [7, 11) is 0. The van der Waals surface area contributed by atoms with Crippen LogP contribution < -0.4 is 10.6 Å². The maximum absolute atomic E-state index is 14.6. The van der Waals surface area contributed by atoms with E-state index in [-0.39, 0.29) is 16.7 Å². The molecule has 5 heterocycles. The molecule has 2 N–H and O–H groups in total. The number of alkyl halides is 7. The number of hydrogen-bond acceptors (Lipinski definition) is 6. The smallest absolute Gasteiger partial charge is 0.309 e. The average Bonchev–Trinajstić information content (AvgIpc) is 3.25. The Morgan fingerprint density at radius 3 is 2.25 bits per heavy atom. The lowest BCUT2D eigenvalue weighted by Crippen LogP contribution is -2.58. The lowest BCUT2D eigenvalue weighted by atomic mass is 9.75. The SMILES string of the molecule is CC12C(=O)Nc3nc(-c4nn(CCC(F)(F)C(F)(F)F)c5ncc(F)cc45)nc(c31)NC(=O)C2(F)F. The van der Waals surface area contributed by atoms with Gasteiger partial charge in [-0.1, -0.05) is 0 Å². The number of carbonyl (C=O) groups excluding carboxylic acids is 2. The van der Waals surface area contributed by atoms with Crippen LogP contribution in [0.2, 0.25) is 0 Å². The highest BCUT2D eigenvalue weighted by Crippen LogP contribution is 2.53. The Labute approximate surface area is 193 Å². The molecule has 2 amide bonds. The number of pyridine rings is 1. The number of rotatable bonds is 4. The molecule has 1 atom stereocenters. The van der Waals surface area contributed by atoms with Crippen molar-refractivity contribution in [3.63, 3.8) is 0 Å². The van der Waals surface area contributed by atoms with Gasteiger partial charge in [0.25, 0.3) is 5.91 Å². The van der Waals surface area contributed by atoms with Gasteiger partial charge in [-0.3, -0.25) is 9.59 Å². The van der Waals surface area contributed by atoms with Gasteiger partial charge < -0.3 is 10.6 Å². The third kappa shape index (κ3) is 3.07. The minimum Gasteiger partial charge on any atom is -0.309 e. The number of anilines is 2. The highest BCUT2D eigenvalue weighted by Gasteiger charge is 2.69. The van der Waals surface area contributed by atoms with Crippen molar-refractivity contribution < 1.29 is 44.7 Å². The van der Waals surface area contributed by atoms with Gasteiger partial charge in [-0.05, 0) is 13.0 Å². The second-order valence-corrected chi connectivity index (χ2v) is 8.28. The minimum absolute atomic E-state index is 0.211. The fraction of sp³-hybridized carbons (Fsp3) is 0.368. The Morgan fingerprint density at radius 2 is 1.64 bits per heavy atom. The van der Waals surface area contributed by atoms with E-state index in [4.69, 9.17) is 0 Å². The van der Waals surface area contributed by atoms with Crippen molar-refractivity contribution in [2.45, 2.75) is 43.3 Å². The van der Waals surface area contributed by atoms with Crippen molar-refractivity contribution in [2.24, 2.45) is 0 Å². The van der Waals surface area contributed by atoms with Crippen LogP contribution in [-0.2, 0) is 21.5 Å². The summed E-state index contributed by atoms with van der Waals surface area (Å²) in [5, 5.41) is 7.67. The summed E-state index contributed by atoms with van der Waals surface area (Å²) < 4.78 is 108. The summed E-state index contributed by atoms with van der Waals surface area (Å²) >= 11 is 0. The van der Waals surface area contributed by atoms with E-state index in [1.54, 1.807) is 0 Å². The molecule has 0 saturated heterocycles. The molecule has 0 fully saturated rings. The van der Waals surface area contributed by atoms with Crippen molar-refractivity contribution >= 4 is 34.5 Å². The number of amides is 2. The van der Waals surface area contributed by atoms with Gasteiger partial charge in [-0.15, -0.1) is 0 Å². The molecule has 3 aromatic heterocycles. The first kappa shape index (κ1) is 23.8. The summed E-state index contributed by atoms with van der Waals surface area (Å²) in [6, 6.07) is 0.834. The van der Waals surface area contributed by atoms with Gasteiger partial charge in [0.05, 0.1) is 17.1 Å². The largest absolute Gasteiger partial charge is 0.453 e. The Kier molecular flexibility index (Phi) is 4.67. The van der Waals surface area contributed by atoms with Crippen LogP contribution >= 0.6 is 0 Å². The van der Waals surface area contributed by atoms with E-state index >= 15 is 0 Å². The number of hydrogen-bond donors (Lipinski definition) is 2. The second-order valence-electron chi connectivity index (χ2n) is 8.28. The first-order valence-corrected chi connectivity index (χ1v) is 9.98. The monoisotopic (exact) mass is 521 g/mol. The molecule has 0 radical (unpaired) electrons. The van der Waals surface area contributed by atoms with E-state index < -0.39 is 77.1 Å². The summed E-state index contributed by atoms with van der Waals surface area (Å²) in [5.74, 6) is -14.6. The van der Waals surface area contributed by atoms with Crippen molar-refractivity contribution in [3.8, 4) is 11.5 Å². The van der Waals surface area contributed by atoms with Crippen molar-refractivity contribution in [1.29, 1.82) is 0 Å². The molecule has 190 valence electrons. The van der Waals surface area contributed by atoms with E-state index in [1.165, 1.54) is 0 Å². The molecule has 0 aliphatic carbocycles. The molecule has 0 spiro atoms. The van der Waals surface area contributed by atoms with Crippen molar-refractivity contribution in [2.75, 3.05) is 10.6 Å². The number of halogens is 8.